The van der Waals surface area contributed by atoms with Crippen LogP contribution in [0.25, 0.3) is 0 Å². The van der Waals surface area contributed by atoms with Gasteiger partial charge in [0.2, 0.25) is 0 Å². The van der Waals surface area contributed by atoms with Crippen LogP contribution in [0.4, 0.5) is 0 Å². The summed E-state index contributed by atoms with van der Waals surface area (Å²) in [4.78, 5) is 0. The first kappa shape index (κ1) is 23.1. The number of phosphoric acid groups is 1. The third-order valence-electron chi connectivity index (χ3n) is 3.74. The van der Waals surface area contributed by atoms with E-state index in [1.807, 2.05) is 0 Å². The van der Waals surface area contributed by atoms with Gasteiger partial charge in [-0.3, -0.25) is 13.6 Å². The Labute approximate surface area is 144 Å². The number of rotatable bonds is 12. The molecule has 1 saturated carbocycles. The minimum absolute atomic E-state index is 0.437. The summed E-state index contributed by atoms with van der Waals surface area (Å²) in [6.07, 6.45) is 14.6. The van der Waals surface area contributed by atoms with Crippen molar-refractivity contribution in [1.29, 1.82) is 0 Å². The van der Waals surface area contributed by atoms with Crippen molar-refractivity contribution < 1.29 is 18.1 Å². The lowest BCUT2D eigenvalue weighted by Crippen LogP contribution is -2.03. The van der Waals surface area contributed by atoms with Gasteiger partial charge in [0.15, 0.2) is 0 Å². The molecule has 0 N–H and O–H groups in total. The van der Waals surface area contributed by atoms with E-state index in [9.17, 15) is 4.57 Å². The standard InChI is InChI=1S/C12H27O4P.C6H12/c1-4-7-10-14-17(13,15-11-8-5-2)16-12-9-6-3;1-2-4-6-5-3-1/h4-12H2,1-3H3;1-6H2. The van der Waals surface area contributed by atoms with Crippen LogP contribution in [0.5, 0.6) is 0 Å². The zero-order valence-corrected chi connectivity index (χ0v) is 16.6. The summed E-state index contributed by atoms with van der Waals surface area (Å²) in [5.41, 5.74) is 0. The van der Waals surface area contributed by atoms with Crippen LogP contribution in [-0.2, 0) is 18.1 Å². The van der Waals surface area contributed by atoms with E-state index in [-0.39, 0.29) is 0 Å². The minimum atomic E-state index is -3.31. The van der Waals surface area contributed by atoms with Gasteiger partial charge in [-0.15, -0.1) is 0 Å². The molecule has 1 aliphatic rings. The van der Waals surface area contributed by atoms with Gasteiger partial charge in [0, 0.05) is 0 Å². The smallest absolute Gasteiger partial charge is 0.287 e. The fourth-order valence-corrected chi connectivity index (χ4v) is 3.42. The molecule has 0 amide bonds. The summed E-state index contributed by atoms with van der Waals surface area (Å²) in [6.45, 7) is 7.49. The minimum Gasteiger partial charge on any atom is -0.287 e. The molecule has 0 unspecified atom stereocenters. The average molecular weight is 350 g/mol. The summed E-state index contributed by atoms with van der Waals surface area (Å²) in [5, 5.41) is 0. The Morgan fingerprint density at radius 1 is 0.609 bits per heavy atom. The molecule has 1 aliphatic carbocycles. The van der Waals surface area contributed by atoms with Gasteiger partial charge in [-0.25, -0.2) is 4.57 Å². The second kappa shape index (κ2) is 17.0. The van der Waals surface area contributed by atoms with Gasteiger partial charge < -0.3 is 0 Å². The van der Waals surface area contributed by atoms with Gasteiger partial charge in [0.05, 0.1) is 19.8 Å². The second-order valence-corrected chi connectivity index (χ2v) is 7.80. The highest BCUT2D eigenvalue weighted by Crippen LogP contribution is 2.49. The first-order chi connectivity index (χ1) is 11.2. The van der Waals surface area contributed by atoms with Gasteiger partial charge in [-0.2, -0.15) is 0 Å². The molecule has 4 nitrogen and oxygen atoms in total. The molecule has 0 aliphatic heterocycles. The van der Waals surface area contributed by atoms with Crippen molar-refractivity contribution in [2.75, 3.05) is 19.8 Å². The summed E-state index contributed by atoms with van der Waals surface area (Å²) in [6, 6.07) is 0. The van der Waals surface area contributed by atoms with Crippen LogP contribution < -0.4 is 0 Å². The van der Waals surface area contributed by atoms with Crippen LogP contribution in [0.1, 0.15) is 97.8 Å². The van der Waals surface area contributed by atoms with E-state index in [1.165, 1.54) is 38.5 Å². The average Bonchev–Trinajstić information content (AvgIpc) is 2.58. The molecule has 23 heavy (non-hydrogen) atoms. The van der Waals surface area contributed by atoms with E-state index in [4.69, 9.17) is 13.6 Å². The van der Waals surface area contributed by atoms with Gasteiger partial charge in [0.25, 0.3) is 0 Å². The number of hydrogen-bond donors (Lipinski definition) is 0. The molecule has 0 heterocycles. The second-order valence-electron chi connectivity index (χ2n) is 6.13. The highest BCUT2D eigenvalue weighted by molar-refractivity contribution is 7.48. The van der Waals surface area contributed by atoms with E-state index < -0.39 is 7.82 Å². The summed E-state index contributed by atoms with van der Waals surface area (Å²) >= 11 is 0. The lowest BCUT2D eigenvalue weighted by atomic mass is 10.0. The molecule has 0 radical (unpaired) electrons. The van der Waals surface area contributed by atoms with Crippen LogP contribution in [0, 0.1) is 0 Å². The SMILES string of the molecule is C1CCCCC1.CCCCOP(=O)(OCCCC)OCCCC. The Kier molecular flexibility index (Phi) is 17.0. The van der Waals surface area contributed by atoms with Crippen LogP contribution in [-0.4, -0.2) is 19.8 Å². The van der Waals surface area contributed by atoms with E-state index >= 15 is 0 Å². The summed E-state index contributed by atoms with van der Waals surface area (Å²) in [5.74, 6) is 0. The highest BCUT2D eigenvalue weighted by atomic mass is 31.2. The molecule has 1 rings (SSSR count). The Hall–Kier alpha value is 0.110. The van der Waals surface area contributed by atoms with E-state index in [1.54, 1.807) is 0 Å². The number of hydrogen-bond acceptors (Lipinski definition) is 4. The fraction of sp³-hybridized carbons (Fsp3) is 1.00. The van der Waals surface area contributed by atoms with Crippen LogP contribution >= 0.6 is 7.82 Å². The number of unbranched alkanes of at least 4 members (excludes halogenated alkanes) is 3. The number of phosphoric ester groups is 1. The Bertz CT molecular complexity index is 235. The molecule has 0 aromatic carbocycles. The largest absolute Gasteiger partial charge is 0.474 e. The normalized spacial score (nSPS) is 15.1. The first-order valence-corrected chi connectivity index (χ1v) is 11.2. The maximum atomic E-state index is 12.2. The van der Waals surface area contributed by atoms with Gasteiger partial charge in [0.1, 0.15) is 0 Å². The zero-order valence-electron chi connectivity index (χ0n) is 15.7. The van der Waals surface area contributed by atoms with Crippen molar-refractivity contribution in [2.24, 2.45) is 0 Å². The van der Waals surface area contributed by atoms with Crippen LogP contribution in [0.3, 0.4) is 0 Å². The molecule has 0 spiro atoms. The summed E-state index contributed by atoms with van der Waals surface area (Å²) in [7, 11) is -3.31. The van der Waals surface area contributed by atoms with E-state index in [2.05, 4.69) is 20.8 Å². The third-order valence-corrected chi connectivity index (χ3v) is 5.24. The quantitative estimate of drug-likeness (QED) is 0.284. The predicted octanol–water partition coefficient (Wildman–Crippen LogP) is 6.89. The van der Waals surface area contributed by atoms with Crippen molar-refractivity contribution in [1.82, 2.24) is 0 Å². The van der Waals surface area contributed by atoms with Crippen molar-refractivity contribution in [3.63, 3.8) is 0 Å². The monoisotopic (exact) mass is 350 g/mol. The fourth-order valence-electron chi connectivity index (χ4n) is 2.13. The Morgan fingerprint density at radius 3 is 1.09 bits per heavy atom. The molecule has 140 valence electrons. The topological polar surface area (TPSA) is 44.8 Å². The lowest BCUT2D eigenvalue weighted by Gasteiger charge is -2.17. The van der Waals surface area contributed by atoms with Gasteiger partial charge in [-0.1, -0.05) is 78.6 Å². The molecular weight excluding hydrogens is 311 g/mol. The maximum Gasteiger partial charge on any atom is 0.474 e. The van der Waals surface area contributed by atoms with Gasteiger partial charge in [-0.05, 0) is 19.3 Å². The Balaban J connectivity index is 0.000000664. The molecule has 0 aromatic heterocycles. The highest BCUT2D eigenvalue weighted by Gasteiger charge is 2.25. The predicted molar refractivity (Wildman–Crippen MR) is 97.9 cm³/mol. The van der Waals surface area contributed by atoms with E-state index in [0.717, 1.165) is 38.5 Å². The maximum absolute atomic E-state index is 12.2. The Morgan fingerprint density at radius 2 is 0.870 bits per heavy atom. The van der Waals surface area contributed by atoms with E-state index in [0.29, 0.717) is 19.8 Å². The van der Waals surface area contributed by atoms with Crippen molar-refractivity contribution >= 4 is 7.82 Å². The molecule has 0 saturated heterocycles. The molecule has 0 atom stereocenters. The molecular formula is C18H39O4P. The molecule has 0 bridgehead atoms. The summed E-state index contributed by atoms with van der Waals surface area (Å²) < 4.78 is 28.0. The van der Waals surface area contributed by atoms with Crippen molar-refractivity contribution in [2.45, 2.75) is 97.8 Å². The van der Waals surface area contributed by atoms with Crippen molar-refractivity contribution in [3.8, 4) is 0 Å². The zero-order chi connectivity index (χ0) is 17.2. The van der Waals surface area contributed by atoms with Crippen LogP contribution in [0.15, 0.2) is 0 Å². The molecule has 5 heteroatoms. The third kappa shape index (κ3) is 15.4. The molecule has 0 aromatic rings. The van der Waals surface area contributed by atoms with Gasteiger partial charge >= 0.3 is 7.82 Å². The van der Waals surface area contributed by atoms with Crippen molar-refractivity contribution in [3.05, 3.63) is 0 Å². The van der Waals surface area contributed by atoms with Crippen LogP contribution in [0.2, 0.25) is 0 Å². The molecule has 1 fully saturated rings. The first-order valence-electron chi connectivity index (χ1n) is 9.72. The lowest BCUT2D eigenvalue weighted by molar-refractivity contribution is 0.110.